The van der Waals surface area contributed by atoms with Gasteiger partial charge in [-0.2, -0.15) is 8.78 Å². The van der Waals surface area contributed by atoms with Gasteiger partial charge in [-0.15, -0.1) is 0 Å². The van der Waals surface area contributed by atoms with E-state index >= 15 is 0 Å². The molecule has 0 bridgehead atoms. The van der Waals surface area contributed by atoms with Crippen molar-refractivity contribution in [1.82, 2.24) is 10.2 Å². The highest BCUT2D eigenvalue weighted by atomic mass is 19.3. The maximum atomic E-state index is 12.9. The number of carbonyl (C=O) groups excluding carboxylic acids is 2. The maximum absolute atomic E-state index is 12.9. The fraction of sp³-hybridized carbons (Fsp3) is 0.333. The second kappa shape index (κ2) is 9.50. The first-order valence-corrected chi connectivity index (χ1v) is 9.64. The lowest BCUT2D eigenvalue weighted by molar-refractivity contribution is -0.385. The van der Waals surface area contributed by atoms with Crippen molar-refractivity contribution in [2.24, 2.45) is 0 Å². The molecule has 1 aliphatic heterocycles. The van der Waals surface area contributed by atoms with Gasteiger partial charge < -0.3 is 15.0 Å². The number of likely N-dealkylation sites (tertiary alicyclic amines) is 1. The molecule has 0 unspecified atom stereocenters. The van der Waals surface area contributed by atoms with Crippen molar-refractivity contribution in [3.63, 3.8) is 0 Å². The Labute approximate surface area is 176 Å². The number of amides is 2. The van der Waals surface area contributed by atoms with Crippen LogP contribution in [0.4, 0.5) is 14.5 Å². The van der Waals surface area contributed by atoms with Gasteiger partial charge in [0.05, 0.1) is 4.92 Å². The number of nitro groups is 1. The fourth-order valence-electron chi connectivity index (χ4n) is 3.60. The molecule has 0 saturated carbocycles. The third-order valence-corrected chi connectivity index (χ3v) is 5.10. The molecule has 2 aromatic carbocycles. The number of hydrogen-bond donors (Lipinski definition) is 1. The van der Waals surface area contributed by atoms with Crippen molar-refractivity contribution in [1.29, 1.82) is 0 Å². The minimum Gasteiger partial charge on any atom is -0.434 e. The van der Waals surface area contributed by atoms with E-state index in [0.29, 0.717) is 30.5 Å². The summed E-state index contributed by atoms with van der Waals surface area (Å²) in [6.07, 6.45) is 1.08. The van der Waals surface area contributed by atoms with Crippen molar-refractivity contribution in [2.45, 2.75) is 39.0 Å². The van der Waals surface area contributed by atoms with Crippen LogP contribution in [0.1, 0.15) is 34.3 Å². The van der Waals surface area contributed by atoms with Crippen molar-refractivity contribution in [3.05, 3.63) is 69.3 Å². The van der Waals surface area contributed by atoms with Gasteiger partial charge in [0.1, 0.15) is 11.8 Å². The number of para-hydroxylation sites is 1. The lowest BCUT2D eigenvalue weighted by Gasteiger charge is -2.24. The molecule has 8 nitrogen and oxygen atoms in total. The zero-order valence-electron chi connectivity index (χ0n) is 16.7. The maximum Gasteiger partial charge on any atom is 0.387 e. The Morgan fingerprint density at radius 3 is 2.71 bits per heavy atom. The highest BCUT2D eigenvalue weighted by Gasteiger charge is 2.34. The number of carbonyl (C=O) groups is 2. The molecule has 0 spiro atoms. The van der Waals surface area contributed by atoms with Crippen LogP contribution in [0, 0.1) is 17.0 Å². The highest BCUT2D eigenvalue weighted by Crippen LogP contribution is 2.25. The van der Waals surface area contributed by atoms with E-state index in [1.54, 1.807) is 25.1 Å². The van der Waals surface area contributed by atoms with Crippen molar-refractivity contribution in [2.75, 3.05) is 6.54 Å². The molecule has 0 aromatic heterocycles. The molecule has 1 fully saturated rings. The van der Waals surface area contributed by atoms with Gasteiger partial charge in [0, 0.05) is 35.8 Å². The number of benzene rings is 2. The summed E-state index contributed by atoms with van der Waals surface area (Å²) in [5.41, 5.74) is 0.917. The van der Waals surface area contributed by atoms with Crippen LogP contribution in [0.5, 0.6) is 5.75 Å². The summed E-state index contributed by atoms with van der Waals surface area (Å²) >= 11 is 0. The molecule has 10 heteroatoms. The number of aryl methyl sites for hydroxylation is 1. The molecule has 1 saturated heterocycles. The number of nitrogens with zero attached hydrogens (tertiary/aromatic N) is 2. The van der Waals surface area contributed by atoms with E-state index in [0.717, 1.165) is 0 Å². The van der Waals surface area contributed by atoms with Crippen LogP contribution in [0.3, 0.4) is 0 Å². The topological polar surface area (TPSA) is 102 Å². The monoisotopic (exact) mass is 433 g/mol. The second-order valence-electron chi connectivity index (χ2n) is 7.12. The molecular weight excluding hydrogens is 412 g/mol. The molecule has 1 atom stereocenters. The molecule has 0 aliphatic carbocycles. The van der Waals surface area contributed by atoms with Crippen LogP contribution in [0.25, 0.3) is 0 Å². The summed E-state index contributed by atoms with van der Waals surface area (Å²) in [4.78, 5) is 37.5. The van der Waals surface area contributed by atoms with Crippen LogP contribution in [-0.2, 0) is 11.3 Å². The minimum absolute atomic E-state index is 0.0292. The van der Waals surface area contributed by atoms with E-state index in [-0.39, 0.29) is 23.5 Å². The highest BCUT2D eigenvalue weighted by molar-refractivity contribution is 5.98. The first-order valence-electron chi connectivity index (χ1n) is 9.64. The number of ether oxygens (including phenoxy) is 1. The van der Waals surface area contributed by atoms with E-state index in [1.165, 1.54) is 29.2 Å². The molecular formula is C21H21F2N3O5. The number of hydrogen-bond acceptors (Lipinski definition) is 5. The zero-order valence-corrected chi connectivity index (χ0v) is 16.7. The molecule has 1 heterocycles. The van der Waals surface area contributed by atoms with Gasteiger partial charge in [0.25, 0.3) is 11.6 Å². The fourth-order valence-corrected chi connectivity index (χ4v) is 3.60. The SMILES string of the molecule is Cc1cc(C(=O)N2CCC[C@@H]2C(=O)NCc2ccccc2OC(F)F)ccc1[N+](=O)[O-]. The number of halogens is 2. The van der Waals surface area contributed by atoms with Crippen LogP contribution in [0.2, 0.25) is 0 Å². The van der Waals surface area contributed by atoms with Gasteiger partial charge in [0.15, 0.2) is 0 Å². The van der Waals surface area contributed by atoms with E-state index in [1.807, 2.05) is 0 Å². The predicted molar refractivity (Wildman–Crippen MR) is 107 cm³/mol. The lowest BCUT2D eigenvalue weighted by atomic mass is 10.1. The Hall–Kier alpha value is -3.56. The molecule has 31 heavy (non-hydrogen) atoms. The number of alkyl halides is 2. The van der Waals surface area contributed by atoms with Gasteiger partial charge in [-0.1, -0.05) is 18.2 Å². The molecule has 3 rings (SSSR count). The van der Waals surface area contributed by atoms with Gasteiger partial charge >= 0.3 is 6.61 Å². The standard InChI is InChI=1S/C21H21F2N3O5/c1-13-11-14(8-9-16(13)26(29)30)20(28)25-10-4-6-17(25)19(27)24-12-15-5-2-3-7-18(15)31-21(22)23/h2-3,5,7-9,11,17,21H,4,6,10,12H2,1H3,(H,24,27)/t17-/m1/s1. The van der Waals surface area contributed by atoms with Gasteiger partial charge in [-0.05, 0) is 38.0 Å². The molecule has 1 N–H and O–H groups in total. The quantitative estimate of drug-likeness (QED) is 0.533. The minimum atomic E-state index is -2.98. The normalized spacial score (nSPS) is 15.7. The van der Waals surface area contributed by atoms with E-state index in [2.05, 4.69) is 10.1 Å². The molecule has 1 aliphatic rings. The molecule has 164 valence electrons. The number of rotatable bonds is 7. The Bertz CT molecular complexity index is 999. The molecule has 2 aromatic rings. The largest absolute Gasteiger partial charge is 0.434 e. The van der Waals surface area contributed by atoms with E-state index in [4.69, 9.17) is 0 Å². The van der Waals surface area contributed by atoms with E-state index in [9.17, 15) is 28.5 Å². The van der Waals surface area contributed by atoms with Gasteiger partial charge in [-0.3, -0.25) is 19.7 Å². The van der Waals surface area contributed by atoms with Gasteiger partial charge in [-0.25, -0.2) is 0 Å². The average Bonchev–Trinajstić information content (AvgIpc) is 3.21. The van der Waals surface area contributed by atoms with Crippen LogP contribution < -0.4 is 10.1 Å². The average molecular weight is 433 g/mol. The van der Waals surface area contributed by atoms with Gasteiger partial charge in [0.2, 0.25) is 5.91 Å². The Balaban J connectivity index is 1.69. The van der Waals surface area contributed by atoms with E-state index < -0.39 is 29.4 Å². The second-order valence-corrected chi connectivity index (χ2v) is 7.12. The first-order chi connectivity index (χ1) is 14.8. The van der Waals surface area contributed by atoms with Crippen LogP contribution >= 0.6 is 0 Å². The predicted octanol–water partition coefficient (Wildman–Crippen LogP) is 3.43. The Morgan fingerprint density at radius 1 is 1.29 bits per heavy atom. The number of nitro benzene ring substituents is 1. The molecule has 0 radical (unpaired) electrons. The van der Waals surface area contributed by atoms with Crippen molar-refractivity contribution < 1.29 is 28.0 Å². The lowest BCUT2D eigenvalue weighted by Crippen LogP contribution is -2.45. The smallest absolute Gasteiger partial charge is 0.387 e. The zero-order chi connectivity index (χ0) is 22.5. The summed E-state index contributed by atoms with van der Waals surface area (Å²) in [5.74, 6) is -0.827. The van der Waals surface area contributed by atoms with Crippen molar-refractivity contribution in [3.8, 4) is 5.75 Å². The summed E-state index contributed by atoms with van der Waals surface area (Å²) in [7, 11) is 0. The Morgan fingerprint density at radius 2 is 2.03 bits per heavy atom. The number of nitrogens with one attached hydrogen (secondary N) is 1. The summed E-state index contributed by atoms with van der Waals surface area (Å²) in [5, 5.41) is 13.7. The third-order valence-electron chi connectivity index (χ3n) is 5.10. The summed E-state index contributed by atoms with van der Waals surface area (Å²) in [6.45, 7) is -1.10. The summed E-state index contributed by atoms with van der Waals surface area (Å²) in [6, 6.07) is 9.50. The van der Waals surface area contributed by atoms with Crippen molar-refractivity contribution >= 4 is 17.5 Å². The molecule has 2 amide bonds. The first kappa shape index (κ1) is 22.1. The Kier molecular flexibility index (Phi) is 6.78. The third kappa shape index (κ3) is 5.14. The summed E-state index contributed by atoms with van der Waals surface area (Å²) < 4.78 is 29.6. The van der Waals surface area contributed by atoms with Crippen LogP contribution in [0.15, 0.2) is 42.5 Å². The van der Waals surface area contributed by atoms with Crippen LogP contribution in [-0.4, -0.2) is 40.8 Å².